The van der Waals surface area contributed by atoms with E-state index in [1.807, 2.05) is 11.8 Å². The summed E-state index contributed by atoms with van der Waals surface area (Å²) < 4.78 is 0. The number of rotatable bonds is 7. The fourth-order valence-corrected chi connectivity index (χ4v) is 3.37. The predicted molar refractivity (Wildman–Crippen MR) is 91.5 cm³/mol. The highest BCUT2D eigenvalue weighted by molar-refractivity contribution is 7.99. The number of amides is 1. The number of likely N-dealkylation sites (N-methyl/N-ethyl adjacent to an activating group) is 1. The van der Waals surface area contributed by atoms with Gasteiger partial charge >= 0.3 is 0 Å². The minimum Gasteiger partial charge on any atom is -0.355 e. The molecule has 0 aromatic rings. The molecule has 4 nitrogen and oxygen atoms in total. The summed E-state index contributed by atoms with van der Waals surface area (Å²) >= 11 is 1.94. The lowest BCUT2D eigenvalue weighted by molar-refractivity contribution is -0.121. The van der Waals surface area contributed by atoms with E-state index in [1.54, 1.807) is 0 Å². The van der Waals surface area contributed by atoms with Crippen molar-refractivity contribution in [3.05, 3.63) is 0 Å². The first kappa shape index (κ1) is 20.3. The van der Waals surface area contributed by atoms with Crippen LogP contribution in [0.5, 0.6) is 0 Å². The number of thioether (sulfide) groups is 1. The minimum absolute atomic E-state index is 0. The summed E-state index contributed by atoms with van der Waals surface area (Å²) in [5.74, 6) is 2.43. The first-order chi connectivity index (χ1) is 8.79. The molecule has 2 N–H and O–H groups in total. The van der Waals surface area contributed by atoms with Crippen LogP contribution in [0, 0.1) is 0 Å². The molecule has 0 radical (unpaired) electrons. The molecule has 0 aromatic heterocycles. The van der Waals surface area contributed by atoms with Crippen molar-refractivity contribution in [2.45, 2.75) is 38.3 Å². The van der Waals surface area contributed by atoms with Crippen LogP contribution in [0.1, 0.15) is 26.2 Å². The van der Waals surface area contributed by atoms with Crippen LogP contribution < -0.4 is 10.6 Å². The Hall–Kier alpha value is 0.320. The van der Waals surface area contributed by atoms with Crippen molar-refractivity contribution >= 4 is 42.5 Å². The zero-order valence-electron chi connectivity index (χ0n) is 12.1. The van der Waals surface area contributed by atoms with Gasteiger partial charge in [0.2, 0.25) is 5.91 Å². The molecule has 0 spiro atoms. The van der Waals surface area contributed by atoms with Gasteiger partial charge in [0.15, 0.2) is 0 Å². The lowest BCUT2D eigenvalue weighted by atomic mass is 10.2. The molecule has 2 aliphatic rings. The van der Waals surface area contributed by atoms with Crippen molar-refractivity contribution in [3.63, 3.8) is 0 Å². The van der Waals surface area contributed by atoms with Crippen molar-refractivity contribution in [1.29, 1.82) is 0 Å². The number of carbonyl (C=O) groups excluding carboxylic acids is 1. The van der Waals surface area contributed by atoms with Crippen molar-refractivity contribution in [2.24, 2.45) is 0 Å². The van der Waals surface area contributed by atoms with Gasteiger partial charge < -0.3 is 10.6 Å². The van der Waals surface area contributed by atoms with Gasteiger partial charge in [0.1, 0.15) is 0 Å². The Morgan fingerprint density at radius 2 is 2.15 bits per heavy atom. The Morgan fingerprint density at radius 3 is 2.70 bits per heavy atom. The van der Waals surface area contributed by atoms with E-state index in [9.17, 15) is 4.79 Å². The van der Waals surface area contributed by atoms with Crippen molar-refractivity contribution in [2.75, 3.05) is 37.7 Å². The number of hydrogen-bond donors (Lipinski definition) is 2. The summed E-state index contributed by atoms with van der Waals surface area (Å²) in [5, 5.41) is 6.44. The number of nitrogens with zero attached hydrogens (tertiary/aromatic N) is 1. The molecule has 120 valence electrons. The zero-order valence-corrected chi connectivity index (χ0v) is 14.5. The molecule has 2 fully saturated rings. The summed E-state index contributed by atoms with van der Waals surface area (Å²) in [4.78, 5) is 14.3. The molecule has 1 amide bonds. The Bertz CT molecular complexity index is 274. The normalized spacial score (nSPS) is 21.8. The summed E-state index contributed by atoms with van der Waals surface area (Å²) in [6, 6.07) is 1.16. The van der Waals surface area contributed by atoms with Crippen LogP contribution in [0.3, 0.4) is 0 Å². The summed E-state index contributed by atoms with van der Waals surface area (Å²) in [7, 11) is 0. The van der Waals surface area contributed by atoms with Crippen LogP contribution in [0.2, 0.25) is 0 Å². The Morgan fingerprint density at radius 1 is 1.40 bits per heavy atom. The topological polar surface area (TPSA) is 44.4 Å². The second kappa shape index (κ2) is 11.0. The third-order valence-corrected chi connectivity index (χ3v) is 4.75. The predicted octanol–water partition coefficient (Wildman–Crippen LogP) is 1.53. The van der Waals surface area contributed by atoms with Gasteiger partial charge in [0.05, 0.1) is 0 Å². The number of carbonyl (C=O) groups is 1. The largest absolute Gasteiger partial charge is 0.355 e. The molecule has 2 rings (SSSR count). The van der Waals surface area contributed by atoms with Crippen LogP contribution in [0.15, 0.2) is 0 Å². The average Bonchev–Trinajstić information content (AvgIpc) is 3.20. The summed E-state index contributed by atoms with van der Waals surface area (Å²) in [5.41, 5.74) is 0. The molecule has 7 heteroatoms. The van der Waals surface area contributed by atoms with Gasteiger partial charge in [0, 0.05) is 49.6 Å². The second-order valence-electron chi connectivity index (χ2n) is 5.14. The van der Waals surface area contributed by atoms with Crippen LogP contribution in [0.4, 0.5) is 0 Å². The summed E-state index contributed by atoms with van der Waals surface area (Å²) in [6.07, 6.45) is 3.30. The second-order valence-corrected chi connectivity index (χ2v) is 6.29. The van der Waals surface area contributed by atoms with Gasteiger partial charge in [-0.3, -0.25) is 9.69 Å². The third-order valence-electron chi connectivity index (χ3n) is 3.62. The highest BCUT2D eigenvalue weighted by atomic mass is 35.5. The average molecular weight is 344 g/mol. The number of hydrogen-bond acceptors (Lipinski definition) is 4. The highest BCUT2D eigenvalue weighted by Gasteiger charge is 2.27. The van der Waals surface area contributed by atoms with Crippen molar-refractivity contribution in [3.8, 4) is 0 Å². The fourth-order valence-electron chi connectivity index (χ4n) is 2.42. The molecular formula is C13H27Cl2N3OS. The zero-order chi connectivity index (χ0) is 12.8. The maximum absolute atomic E-state index is 11.8. The molecule has 1 aliphatic carbocycles. The maximum atomic E-state index is 11.8. The van der Waals surface area contributed by atoms with Gasteiger partial charge in [0.25, 0.3) is 0 Å². The minimum atomic E-state index is 0. The molecule has 1 atom stereocenters. The van der Waals surface area contributed by atoms with Crippen molar-refractivity contribution < 1.29 is 4.79 Å². The maximum Gasteiger partial charge on any atom is 0.221 e. The van der Waals surface area contributed by atoms with Gasteiger partial charge in [-0.2, -0.15) is 11.8 Å². The molecule has 20 heavy (non-hydrogen) atoms. The third kappa shape index (κ3) is 7.36. The summed E-state index contributed by atoms with van der Waals surface area (Å²) in [6.45, 7) is 6.13. The molecule has 1 aliphatic heterocycles. The SMILES string of the molecule is CCN(CCNC(=O)CC1CSCCN1)C1CC1.Cl.Cl. The quantitative estimate of drug-likeness (QED) is 0.735. The molecular weight excluding hydrogens is 317 g/mol. The van der Waals surface area contributed by atoms with E-state index < -0.39 is 0 Å². The van der Waals surface area contributed by atoms with Crippen LogP contribution in [-0.2, 0) is 4.79 Å². The molecule has 1 saturated heterocycles. The van der Waals surface area contributed by atoms with E-state index in [4.69, 9.17) is 0 Å². The van der Waals surface area contributed by atoms with E-state index in [0.29, 0.717) is 12.5 Å². The standard InChI is InChI=1S/C13H25N3OS.2ClH/c1-2-16(12-3-4-12)7-5-15-13(17)9-11-10-18-8-6-14-11;;/h11-12,14H,2-10H2,1H3,(H,15,17);2*1H. The van der Waals surface area contributed by atoms with Gasteiger partial charge in [-0.15, -0.1) is 24.8 Å². The van der Waals surface area contributed by atoms with Crippen LogP contribution >= 0.6 is 36.6 Å². The molecule has 0 bridgehead atoms. The van der Waals surface area contributed by atoms with Gasteiger partial charge in [-0.1, -0.05) is 6.92 Å². The number of halogens is 2. The van der Waals surface area contributed by atoms with E-state index in [2.05, 4.69) is 22.5 Å². The van der Waals surface area contributed by atoms with Crippen molar-refractivity contribution in [1.82, 2.24) is 15.5 Å². The van der Waals surface area contributed by atoms with E-state index >= 15 is 0 Å². The molecule has 1 saturated carbocycles. The Balaban J connectivity index is 0.00000180. The van der Waals surface area contributed by atoms with Gasteiger partial charge in [-0.05, 0) is 19.4 Å². The smallest absolute Gasteiger partial charge is 0.221 e. The first-order valence-corrected chi connectivity index (χ1v) is 8.27. The highest BCUT2D eigenvalue weighted by Crippen LogP contribution is 2.25. The first-order valence-electron chi connectivity index (χ1n) is 7.11. The van der Waals surface area contributed by atoms with E-state index in [0.717, 1.165) is 38.0 Å². The van der Waals surface area contributed by atoms with E-state index in [-0.39, 0.29) is 30.7 Å². The van der Waals surface area contributed by atoms with Crippen LogP contribution in [-0.4, -0.2) is 60.6 Å². The van der Waals surface area contributed by atoms with Crippen LogP contribution in [0.25, 0.3) is 0 Å². The van der Waals surface area contributed by atoms with E-state index in [1.165, 1.54) is 18.6 Å². The Labute approximate surface area is 139 Å². The number of nitrogens with one attached hydrogen (secondary N) is 2. The molecule has 1 heterocycles. The fraction of sp³-hybridized carbons (Fsp3) is 0.923. The molecule has 1 unspecified atom stereocenters. The Kier molecular flexibility index (Phi) is 11.1. The monoisotopic (exact) mass is 343 g/mol. The lowest BCUT2D eigenvalue weighted by Crippen LogP contribution is -2.42. The van der Waals surface area contributed by atoms with Gasteiger partial charge in [-0.25, -0.2) is 0 Å². The molecule has 0 aromatic carbocycles. The lowest BCUT2D eigenvalue weighted by Gasteiger charge is -2.23.